The van der Waals surface area contributed by atoms with Gasteiger partial charge in [-0.1, -0.05) is 0 Å². The fraction of sp³-hybridized carbons (Fsp3) is 0. The molecule has 1 aromatic rings. The first-order chi connectivity index (χ1) is 3.39. The molecule has 1 radical (unpaired) electrons. The van der Waals surface area contributed by atoms with Gasteiger partial charge in [-0.3, -0.25) is 0 Å². The number of hydrogen-bond acceptors (Lipinski definition) is 4. The molecule has 1 rings (SSSR count). The Bertz CT molecular complexity index is 140. The van der Waals surface area contributed by atoms with E-state index in [2.05, 4.69) is 21.6 Å². The fourth-order valence-electron chi connectivity index (χ4n) is 0.209. The second-order valence-corrected chi connectivity index (χ2v) is 0.931. The SMILES string of the molecule is Oc1[c]nnnc1. The second-order valence-electron chi connectivity index (χ2n) is 0.931. The van der Waals surface area contributed by atoms with Crippen LogP contribution in [0.2, 0.25) is 0 Å². The molecule has 0 spiro atoms. The third-order valence-electron chi connectivity index (χ3n) is 0.441. The lowest BCUT2D eigenvalue weighted by Gasteiger charge is -1.78. The number of nitrogens with zero attached hydrogens (tertiary/aromatic N) is 3. The third-order valence-corrected chi connectivity index (χ3v) is 0.441. The molecule has 4 heteroatoms. The predicted molar refractivity (Wildman–Crippen MR) is 20.3 cm³/mol. The smallest absolute Gasteiger partial charge is 0.166 e. The van der Waals surface area contributed by atoms with Crippen molar-refractivity contribution in [2.75, 3.05) is 0 Å². The Kier molecular flexibility index (Phi) is 0.856. The minimum atomic E-state index is -0.0880. The van der Waals surface area contributed by atoms with E-state index >= 15 is 0 Å². The van der Waals surface area contributed by atoms with Gasteiger partial charge < -0.3 is 5.11 Å². The molecule has 35 valence electrons. The van der Waals surface area contributed by atoms with Crippen LogP contribution in [0.1, 0.15) is 0 Å². The number of rotatable bonds is 0. The van der Waals surface area contributed by atoms with Gasteiger partial charge in [-0.2, -0.15) is 0 Å². The molecule has 1 heterocycles. The summed E-state index contributed by atoms with van der Waals surface area (Å²) in [5.74, 6) is -0.0880. The molecule has 0 aliphatic rings. The fourth-order valence-corrected chi connectivity index (χ4v) is 0.209. The second kappa shape index (κ2) is 1.51. The van der Waals surface area contributed by atoms with Crippen molar-refractivity contribution in [3.8, 4) is 5.75 Å². The van der Waals surface area contributed by atoms with Crippen molar-refractivity contribution < 1.29 is 5.11 Å². The quantitative estimate of drug-likeness (QED) is 0.467. The zero-order valence-corrected chi connectivity index (χ0v) is 3.37. The first-order valence-corrected chi connectivity index (χ1v) is 1.64. The minimum Gasteiger partial charge on any atom is -0.504 e. The van der Waals surface area contributed by atoms with Crippen LogP contribution in [0.25, 0.3) is 0 Å². The topological polar surface area (TPSA) is 58.9 Å². The van der Waals surface area contributed by atoms with Crippen molar-refractivity contribution in [1.82, 2.24) is 15.4 Å². The van der Waals surface area contributed by atoms with Crippen LogP contribution in [0.15, 0.2) is 6.20 Å². The lowest BCUT2D eigenvalue weighted by Crippen LogP contribution is -1.81. The lowest BCUT2D eigenvalue weighted by atomic mass is 10.7. The van der Waals surface area contributed by atoms with Crippen LogP contribution in [0.5, 0.6) is 5.75 Å². The Labute approximate surface area is 39.8 Å². The zero-order chi connectivity index (χ0) is 5.11. The van der Waals surface area contributed by atoms with Gasteiger partial charge >= 0.3 is 0 Å². The molecular weight excluding hydrogens is 94.1 g/mol. The summed E-state index contributed by atoms with van der Waals surface area (Å²) in [6.07, 6.45) is 3.32. The predicted octanol–water partition coefficient (Wildman–Crippen LogP) is -0.623. The Morgan fingerprint density at radius 2 is 2.57 bits per heavy atom. The Hall–Kier alpha value is -1.19. The molecule has 0 fully saturated rings. The molecule has 0 aliphatic carbocycles. The summed E-state index contributed by atoms with van der Waals surface area (Å²) in [6, 6.07) is 0. The van der Waals surface area contributed by atoms with E-state index in [0.717, 1.165) is 6.20 Å². The molecule has 0 aliphatic heterocycles. The summed E-state index contributed by atoms with van der Waals surface area (Å²) in [5, 5.41) is 17.9. The van der Waals surface area contributed by atoms with Crippen LogP contribution in [-0.4, -0.2) is 20.5 Å². The number of hydrogen-bond donors (Lipinski definition) is 1. The molecule has 4 nitrogen and oxygen atoms in total. The van der Waals surface area contributed by atoms with E-state index in [-0.39, 0.29) is 5.75 Å². The van der Waals surface area contributed by atoms with Crippen molar-refractivity contribution in [2.24, 2.45) is 0 Å². The average Bonchev–Trinajstić information content (AvgIpc) is 1.69. The molecular formula is C3H2N3O. The highest BCUT2D eigenvalue weighted by Gasteiger charge is 1.80. The van der Waals surface area contributed by atoms with Crippen LogP contribution in [-0.2, 0) is 0 Å². The monoisotopic (exact) mass is 96.0 g/mol. The highest BCUT2D eigenvalue weighted by molar-refractivity contribution is 5.02. The minimum absolute atomic E-state index is 0.0880. The number of aromatic nitrogens is 3. The van der Waals surface area contributed by atoms with Gasteiger partial charge in [0.2, 0.25) is 0 Å². The van der Waals surface area contributed by atoms with E-state index in [4.69, 9.17) is 5.11 Å². The summed E-state index contributed by atoms with van der Waals surface area (Å²) >= 11 is 0. The normalized spacial score (nSPS) is 8.57. The molecule has 0 atom stereocenters. The van der Waals surface area contributed by atoms with Gasteiger partial charge in [-0.25, -0.2) is 0 Å². The molecule has 1 aromatic heterocycles. The van der Waals surface area contributed by atoms with Gasteiger partial charge in [0, 0.05) is 0 Å². The molecule has 0 saturated heterocycles. The Morgan fingerprint density at radius 1 is 1.71 bits per heavy atom. The van der Waals surface area contributed by atoms with Crippen LogP contribution in [0.4, 0.5) is 0 Å². The third kappa shape index (κ3) is 0.819. The summed E-state index contributed by atoms with van der Waals surface area (Å²) < 4.78 is 0. The standard InChI is InChI=1S/C3H2N3O/c7-3-1-4-6-5-2-3/h1H,(H,6,7). The summed E-state index contributed by atoms with van der Waals surface area (Å²) in [4.78, 5) is 0. The maximum Gasteiger partial charge on any atom is 0.166 e. The van der Waals surface area contributed by atoms with E-state index in [9.17, 15) is 0 Å². The Balaban J connectivity index is 3.02. The lowest BCUT2D eigenvalue weighted by molar-refractivity contribution is 0.463. The number of aromatic hydroxyl groups is 1. The first kappa shape index (κ1) is 3.98. The molecule has 0 bridgehead atoms. The Morgan fingerprint density at radius 3 is 2.86 bits per heavy atom. The van der Waals surface area contributed by atoms with Crippen LogP contribution in [0.3, 0.4) is 0 Å². The average molecular weight is 96.1 g/mol. The first-order valence-electron chi connectivity index (χ1n) is 1.64. The van der Waals surface area contributed by atoms with Crippen LogP contribution < -0.4 is 0 Å². The van der Waals surface area contributed by atoms with Gasteiger partial charge in [-0.15, -0.1) is 10.2 Å². The van der Waals surface area contributed by atoms with E-state index < -0.39 is 0 Å². The molecule has 7 heavy (non-hydrogen) atoms. The highest BCUT2D eigenvalue weighted by Crippen LogP contribution is 1.94. The van der Waals surface area contributed by atoms with E-state index in [1.165, 1.54) is 0 Å². The molecule has 0 unspecified atom stereocenters. The van der Waals surface area contributed by atoms with Gasteiger partial charge in [0.25, 0.3) is 0 Å². The molecule has 0 aromatic carbocycles. The molecule has 0 amide bonds. The molecule has 1 N–H and O–H groups in total. The molecule has 0 saturated carbocycles. The maximum atomic E-state index is 8.41. The summed E-state index contributed by atoms with van der Waals surface area (Å²) in [7, 11) is 0. The van der Waals surface area contributed by atoms with Crippen molar-refractivity contribution >= 4 is 0 Å². The van der Waals surface area contributed by atoms with E-state index in [1.54, 1.807) is 0 Å². The van der Waals surface area contributed by atoms with Crippen LogP contribution >= 0.6 is 0 Å². The van der Waals surface area contributed by atoms with Gasteiger partial charge in [0.1, 0.15) is 0 Å². The summed E-state index contributed by atoms with van der Waals surface area (Å²) in [6.45, 7) is 0. The largest absolute Gasteiger partial charge is 0.504 e. The van der Waals surface area contributed by atoms with Gasteiger partial charge in [0.05, 0.1) is 6.20 Å². The zero-order valence-electron chi connectivity index (χ0n) is 3.37. The maximum absolute atomic E-state index is 8.41. The van der Waals surface area contributed by atoms with Crippen molar-refractivity contribution in [3.05, 3.63) is 12.4 Å². The van der Waals surface area contributed by atoms with E-state index in [0.29, 0.717) is 0 Å². The van der Waals surface area contributed by atoms with Crippen molar-refractivity contribution in [3.63, 3.8) is 0 Å². The van der Waals surface area contributed by atoms with E-state index in [1.807, 2.05) is 0 Å². The van der Waals surface area contributed by atoms with Gasteiger partial charge in [0.15, 0.2) is 11.9 Å². The highest BCUT2D eigenvalue weighted by atomic mass is 16.3. The van der Waals surface area contributed by atoms with Crippen molar-refractivity contribution in [2.45, 2.75) is 0 Å². The van der Waals surface area contributed by atoms with Crippen molar-refractivity contribution in [1.29, 1.82) is 0 Å². The van der Waals surface area contributed by atoms with Crippen LogP contribution in [0, 0.1) is 6.20 Å². The summed E-state index contributed by atoms with van der Waals surface area (Å²) in [5.41, 5.74) is 0. The van der Waals surface area contributed by atoms with Gasteiger partial charge in [-0.05, 0) is 5.21 Å².